The summed E-state index contributed by atoms with van der Waals surface area (Å²) in [6, 6.07) is 26.3. The van der Waals surface area contributed by atoms with Crippen molar-refractivity contribution in [2.45, 2.75) is 64.1 Å². The van der Waals surface area contributed by atoms with E-state index in [1.165, 1.54) is 28.3 Å². The zero-order chi connectivity index (χ0) is 30.7. The molecule has 0 spiro atoms. The number of amides is 1. The second-order valence-electron chi connectivity index (χ2n) is 13.5. The number of hydrogen-bond acceptors (Lipinski definition) is 5. The molecule has 8 nitrogen and oxygen atoms in total. The zero-order valence-corrected chi connectivity index (χ0v) is 26.0. The molecule has 0 saturated carbocycles. The van der Waals surface area contributed by atoms with E-state index in [4.69, 9.17) is 14.7 Å². The summed E-state index contributed by atoms with van der Waals surface area (Å²) in [6.45, 7) is 7.43. The van der Waals surface area contributed by atoms with Gasteiger partial charge < -0.3 is 20.0 Å². The maximum Gasteiger partial charge on any atom is 0.410 e. The van der Waals surface area contributed by atoms with Gasteiger partial charge in [0, 0.05) is 6.54 Å². The highest BCUT2D eigenvalue weighted by atomic mass is 16.6. The fourth-order valence-electron chi connectivity index (χ4n) is 6.85. The second-order valence-corrected chi connectivity index (χ2v) is 13.5. The number of hydrogen-bond donors (Lipinski definition) is 3. The van der Waals surface area contributed by atoms with E-state index >= 15 is 0 Å². The smallest absolute Gasteiger partial charge is 0.410 e. The van der Waals surface area contributed by atoms with Gasteiger partial charge in [-0.05, 0) is 122 Å². The van der Waals surface area contributed by atoms with Crippen molar-refractivity contribution in [1.29, 1.82) is 0 Å². The van der Waals surface area contributed by atoms with Crippen molar-refractivity contribution < 1.29 is 9.53 Å². The molecule has 228 valence electrons. The average Bonchev–Trinajstić information content (AvgIpc) is 3.84. The normalized spacial score (nSPS) is 18.9. The Balaban J connectivity index is 1.07. The molecule has 4 aromatic carbocycles. The van der Waals surface area contributed by atoms with Gasteiger partial charge in [-0.1, -0.05) is 36.4 Å². The molecular weight excluding hydrogens is 560 g/mol. The standard InChI is InChI=1S/C37H38N6O2/c1-37(2,3)45-36(44)43-17-5-7-33(43)35-40-29-15-13-26(21-32(29)42-35)24-11-9-22-8-10-23(18-27(22)19-24)25-12-14-28-31(20-25)41-34(39-28)30-6-4-16-38-30/h8-15,18-21,30,33,38H,4-7,16-17H2,1-3H3,(H,39,41)(H,40,42)/t30-,33-/m0/s1. The Morgan fingerprint density at radius 3 is 1.98 bits per heavy atom. The van der Waals surface area contributed by atoms with E-state index in [2.05, 4.69) is 88.1 Å². The summed E-state index contributed by atoms with van der Waals surface area (Å²) in [5.74, 6) is 1.85. The first kappa shape index (κ1) is 27.8. The van der Waals surface area contributed by atoms with Crippen molar-refractivity contribution in [3.8, 4) is 22.3 Å². The van der Waals surface area contributed by atoms with Crippen LogP contribution in [0.5, 0.6) is 0 Å². The topological polar surface area (TPSA) is 98.9 Å². The van der Waals surface area contributed by atoms with Crippen molar-refractivity contribution in [3.63, 3.8) is 0 Å². The van der Waals surface area contributed by atoms with Gasteiger partial charge in [-0.25, -0.2) is 14.8 Å². The molecule has 0 radical (unpaired) electrons. The van der Waals surface area contributed by atoms with Crippen molar-refractivity contribution in [2.24, 2.45) is 0 Å². The van der Waals surface area contributed by atoms with Gasteiger partial charge >= 0.3 is 6.09 Å². The van der Waals surface area contributed by atoms with Crippen molar-refractivity contribution in [1.82, 2.24) is 30.2 Å². The summed E-state index contributed by atoms with van der Waals surface area (Å²) < 4.78 is 5.67. The molecule has 2 aliphatic rings. The fourth-order valence-corrected chi connectivity index (χ4v) is 6.85. The third-order valence-electron chi connectivity index (χ3n) is 9.09. The molecule has 2 aromatic heterocycles. The summed E-state index contributed by atoms with van der Waals surface area (Å²) in [6.07, 6.45) is 3.84. The van der Waals surface area contributed by atoms with Gasteiger partial charge in [0.1, 0.15) is 17.2 Å². The summed E-state index contributed by atoms with van der Waals surface area (Å²) in [7, 11) is 0. The van der Waals surface area contributed by atoms with E-state index in [0.717, 1.165) is 70.6 Å². The molecule has 2 atom stereocenters. The van der Waals surface area contributed by atoms with Gasteiger partial charge in [0.2, 0.25) is 0 Å². The van der Waals surface area contributed by atoms with Crippen LogP contribution in [0.25, 0.3) is 55.1 Å². The number of carbonyl (C=O) groups is 1. The van der Waals surface area contributed by atoms with E-state index in [9.17, 15) is 4.79 Å². The molecule has 0 bridgehead atoms. The van der Waals surface area contributed by atoms with Crippen LogP contribution >= 0.6 is 0 Å². The van der Waals surface area contributed by atoms with Crippen LogP contribution in [-0.2, 0) is 4.74 Å². The third-order valence-corrected chi connectivity index (χ3v) is 9.09. The van der Waals surface area contributed by atoms with Gasteiger partial charge in [0.25, 0.3) is 0 Å². The van der Waals surface area contributed by atoms with Crippen LogP contribution < -0.4 is 5.32 Å². The Bertz CT molecular complexity index is 2060. The number of ether oxygens (including phenoxy) is 1. The molecule has 3 N–H and O–H groups in total. The number of likely N-dealkylation sites (tertiary alicyclic amines) is 1. The van der Waals surface area contributed by atoms with E-state index in [0.29, 0.717) is 12.6 Å². The minimum atomic E-state index is -0.530. The van der Waals surface area contributed by atoms with Crippen molar-refractivity contribution >= 4 is 38.9 Å². The predicted molar refractivity (Wildman–Crippen MR) is 179 cm³/mol. The summed E-state index contributed by atoms with van der Waals surface area (Å²) in [5.41, 5.74) is 8.02. The highest BCUT2D eigenvalue weighted by molar-refractivity contribution is 5.93. The highest BCUT2D eigenvalue weighted by Gasteiger charge is 2.35. The highest BCUT2D eigenvalue weighted by Crippen LogP contribution is 2.35. The Kier molecular flexibility index (Phi) is 6.64. The average molecular weight is 599 g/mol. The third kappa shape index (κ3) is 5.33. The minimum Gasteiger partial charge on any atom is -0.444 e. The first-order valence-corrected chi connectivity index (χ1v) is 16.0. The SMILES string of the molecule is CC(C)(C)OC(=O)N1CCC[C@H]1c1nc2ccc(-c3ccc4ccc(-c5ccc6nc([C@@H]7CCCN7)[nH]c6c5)cc4c3)cc2[nH]1. The van der Waals surface area contributed by atoms with Crippen LogP contribution in [0.2, 0.25) is 0 Å². The number of fused-ring (bicyclic) bond motifs is 3. The quantitative estimate of drug-likeness (QED) is 0.189. The Labute approximate surface area is 262 Å². The fraction of sp³-hybridized carbons (Fsp3) is 0.324. The Morgan fingerprint density at radius 1 is 0.756 bits per heavy atom. The van der Waals surface area contributed by atoms with E-state index < -0.39 is 5.60 Å². The van der Waals surface area contributed by atoms with Crippen LogP contribution in [0.4, 0.5) is 4.79 Å². The number of benzene rings is 4. The molecule has 8 rings (SSSR count). The number of aromatic amines is 2. The molecule has 2 saturated heterocycles. The lowest BCUT2D eigenvalue weighted by Gasteiger charge is -2.27. The monoisotopic (exact) mass is 598 g/mol. The van der Waals surface area contributed by atoms with Crippen LogP contribution in [0.15, 0.2) is 72.8 Å². The molecule has 1 amide bonds. The first-order chi connectivity index (χ1) is 21.8. The van der Waals surface area contributed by atoms with E-state index in [-0.39, 0.29) is 12.1 Å². The molecule has 6 aromatic rings. The van der Waals surface area contributed by atoms with Gasteiger partial charge in [-0.2, -0.15) is 0 Å². The maximum absolute atomic E-state index is 12.9. The van der Waals surface area contributed by atoms with Crippen molar-refractivity contribution in [3.05, 3.63) is 84.4 Å². The summed E-state index contributed by atoms with van der Waals surface area (Å²) >= 11 is 0. The van der Waals surface area contributed by atoms with Crippen LogP contribution in [0, 0.1) is 0 Å². The summed E-state index contributed by atoms with van der Waals surface area (Å²) in [4.78, 5) is 31.5. The number of aromatic nitrogens is 4. The molecule has 2 fully saturated rings. The van der Waals surface area contributed by atoms with Gasteiger partial charge in [-0.15, -0.1) is 0 Å². The molecule has 0 unspecified atom stereocenters. The van der Waals surface area contributed by atoms with Crippen LogP contribution in [0.3, 0.4) is 0 Å². The zero-order valence-electron chi connectivity index (χ0n) is 26.0. The first-order valence-electron chi connectivity index (χ1n) is 16.0. The van der Waals surface area contributed by atoms with Crippen LogP contribution in [0.1, 0.15) is 70.2 Å². The minimum absolute atomic E-state index is 0.110. The molecule has 0 aliphatic carbocycles. The maximum atomic E-state index is 12.9. The largest absolute Gasteiger partial charge is 0.444 e. The molecule has 2 aliphatic heterocycles. The number of imidazole rings is 2. The van der Waals surface area contributed by atoms with Gasteiger partial charge in [-0.3, -0.25) is 4.90 Å². The summed E-state index contributed by atoms with van der Waals surface area (Å²) in [5, 5.41) is 5.93. The lowest BCUT2D eigenvalue weighted by Crippen LogP contribution is -2.36. The molecule has 45 heavy (non-hydrogen) atoms. The number of nitrogens with one attached hydrogen (secondary N) is 3. The molecule has 4 heterocycles. The van der Waals surface area contributed by atoms with Gasteiger partial charge in [0.15, 0.2) is 0 Å². The lowest BCUT2D eigenvalue weighted by atomic mass is 9.97. The number of carbonyl (C=O) groups excluding carboxylic acids is 1. The molecule has 8 heteroatoms. The molecular formula is C37H38N6O2. The number of nitrogens with zero attached hydrogens (tertiary/aromatic N) is 3. The van der Waals surface area contributed by atoms with E-state index in [1.54, 1.807) is 4.90 Å². The lowest BCUT2D eigenvalue weighted by molar-refractivity contribution is 0.0219. The van der Waals surface area contributed by atoms with Crippen LogP contribution in [-0.4, -0.2) is 49.6 Å². The predicted octanol–water partition coefficient (Wildman–Crippen LogP) is 8.42. The number of H-pyrrole nitrogens is 2. The number of rotatable bonds is 4. The van der Waals surface area contributed by atoms with Gasteiger partial charge in [0.05, 0.1) is 34.2 Å². The Morgan fingerprint density at radius 2 is 1.36 bits per heavy atom. The van der Waals surface area contributed by atoms with E-state index in [1.807, 2.05) is 20.8 Å². The van der Waals surface area contributed by atoms with Crippen molar-refractivity contribution in [2.75, 3.05) is 13.1 Å². The Hall–Kier alpha value is -4.69. The second kappa shape index (κ2) is 10.7.